The van der Waals surface area contributed by atoms with Crippen molar-refractivity contribution in [3.63, 3.8) is 0 Å². The van der Waals surface area contributed by atoms with Gasteiger partial charge in [0, 0.05) is 45.5 Å². The van der Waals surface area contributed by atoms with Crippen molar-refractivity contribution in [3.8, 4) is 17.2 Å². The summed E-state index contributed by atoms with van der Waals surface area (Å²) in [5.41, 5.74) is -0.198. The highest BCUT2D eigenvalue weighted by Gasteiger charge is 2.35. The lowest BCUT2D eigenvalue weighted by molar-refractivity contribution is -0.119. The topological polar surface area (TPSA) is 113 Å². The van der Waals surface area contributed by atoms with Crippen LogP contribution in [0.15, 0.2) is 53.5 Å². The molecule has 4 aromatic rings. The van der Waals surface area contributed by atoms with E-state index in [1.807, 2.05) is 36.4 Å². The molecule has 3 aliphatic rings. The second kappa shape index (κ2) is 11.0. The first-order valence-electron chi connectivity index (χ1n) is 15.4. The number of hydrogen-bond acceptors (Lipinski definition) is 7. The van der Waals surface area contributed by atoms with E-state index in [0.29, 0.717) is 49.6 Å². The molecule has 1 atom stereocenters. The predicted molar refractivity (Wildman–Crippen MR) is 171 cm³/mol. The molecule has 2 fully saturated rings. The molecular weight excluding hydrogens is 593 g/mol. The Balaban J connectivity index is 1.34. The minimum absolute atomic E-state index is 0.0232. The van der Waals surface area contributed by atoms with Crippen molar-refractivity contribution in [3.05, 3.63) is 70.3 Å². The first-order valence-corrected chi connectivity index (χ1v) is 15.4. The number of benzene rings is 3. The Morgan fingerprint density at radius 1 is 1.04 bits per heavy atom. The monoisotopic (exact) mass is 627 g/mol. The molecule has 1 aromatic heterocycles. The van der Waals surface area contributed by atoms with Crippen molar-refractivity contribution >= 4 is 45.8 Å². The van der Waals surface area contributed by atoms with Crippen molar-refractivity contribution in [1.82, 2.24) is 19.7 Å². The highest BCUT2D eigenvalue weighted by molar-refractivity contribution is 6.02. The van der Waals surface area contributed by atoms with Gasteiger partial charge in [-0.25, -0.2) is 9.18 Å². The number of carbonyl (C=O) groups excluding carboxylic acids is 3. The lowest BCUT2D eigenvalue weighted by Crippen LogP contribution is -2.49. The Morgan fingerprint density at radius 3 is 2.46 bits per heavy atom. The molecular formula is C34H34FN5O6. The summed E-state index contributed by atoms with van der Waals surface area (Å²) in [5.74, 6) is -0.524. The van der Waals surface area contributed by atoms with Gasteiger partial charge in [-0.15, -0.1) is 0 Å². The second-order valence-corrected chi connectivity index (χ2v) is 13.0. The summed E-state index contributed by atoms with van der Waals surface area (Å²) in [4.78, 5) is 56.3. The molecule has 0 radical (unpaired) electrons. The average molecular weight is 628 g/mol. The SMILES string of the molecule is CC(C)(C)OC(=O)NC1CCN(c2c(F)cc3c(=O)c(C(=O)N4CCN(C=O)CC4)cn4c3c2Oc2cc3ccccc3cc2-4)C1. The standard InChI is InChI=1S/C34H34FN5O6/c1-34(2,3)46-33(44)36-22-8-9-39(17-22)29-25(35)16-23-28-31(29)45-27-15-21-7-5-4-6-20(21)14-26(27)40(28)18-24(30(23)42)32(43)38-12-10-37(19-41)11-13-38/h4-7,14-16,18-19,22H,8-13,17H2,1-3H3,(H,36,44). The molecule has 4 heterocycles. The first kappa shape index (κ1) is 29.6. The van der Waals surface area contributed by atoms with Gasteiger partial charge in [-0.2, -0.15) is 0 Å². The third-order valence-corrected chi connectivity index (χ3v) is 8.68. The number of anilines is 1. The van der Waals surface area contributed by atoms with E-state index in [0.717, 1.165) is 17.2 Å². The lowest BCUT2D eigenvalue weighted by atomic mass is 10.0. The van der Waals surface area contributed by atoms with Gasteiger partial charge in [0.15, 0.2) is 17.3 Å². The first-order chi connectivity index (χ1) is 22.0. The van der Waals surface area contributed by atoms with Gasteiger partial charge in [0.2, 0.25) is 11.8 Å². The smallest absolute Gasteiger partial charge is 0.407 e. The van der Waals surface area contributed by atoms with E-state index in [9.17, 15) is 19.2 Å². The molecule has 0 aliphatic carbocycles. The summed E-state index contributed by atoms with van der Waals surface area (Å²) in [6, 6.07) is 12.4. The Kier molecular flexibility index (Phi) is 7.10. The molecule has 238 valence electrons. The van der Waals surface area contributed by atoms with E-state index in [2.05, 4.69) is 5.32 Å². The lowest BCUT2D eigenvalue weighted by Gasteiger charge is -2.33. The Labute approximate surface area is 264 Å². The summed E-state index contributed by atoms with van der Waals surface area (Å²) in [6.45, 7) is 7.38. The quantitative estimate of drug-likeness (QED) is 0.294. The van der Waals surface area contributed by atoms with Crippen molar-refractivity contribution < 1.29 is 28.2 Å². The normalized spacial score (nSPS) is 17.6. The van der Waals surface area contributed by atoms with Crippen LogP contribution in [0.2, 0.25) is 0 Å². The number of aromatic nitrogens is 1. The van der Waals surface area contributed by atoms with Gasteiger partial charge in [-0.1, -0.05) is 24.3 Å². The number of nitrogens with one attached hydrogen (secondary N) is 1. The number of halogens is 1. The number of nitrogens with zero attached hydrogens (tertiary/aromatic N) is 4. The molecule has 3 amide bonds. The van der Waals surface area contributed by atoms with Crippen LogP contribution in [0.4, 0.5) is 14.9 Å². The zero-order chi connectivity index (χ0) is 32.3. The molecule has 12 heteroatoms. The Morgan fingerprint density at radius 2 is 1.76 bits per heavy atom. The third-order valence-electron chi connectivity index (χ3n) is 8.68. The highest BCUT2D eigenvalue weighted by Crippen LogP contribution is 2.48. The predicted octanol–water partition coefficient (Wildman–Crippen LogP) is 4.41. The van der Waals surface area contributed by atoms with Crippen LogP contribution in [0.25, 0.3) is 27.4 Å². The summed E-state index contributed by atoms with van der Waals surface area (Å²) in [5, 5.41) is 4.73. The van der Waals surface area contributed by atoms with Crippen molar-refractivity contribution in [2.45, 2.75) is 38.8 Å². The molecule has 1 unspecified atom stereocenters. The molecule has 0 saturated carbocycles. The number of ether oxygens (including phenoxy) is 2. The van der Waals surface area contributed by atoms with Crippen molar-refractivity contribution in [2.24, 2.45) is 0 Å². The van der Waals surface area contributed by atoms with E-state index in [4.69, 9.17) is 9.47 Å². The maximum absolute atomic E-state index is 16.2. The fourth-order valence-corrected chi connectivity index (χ4v) is 6.49. The van der Waals surface area contributed by atoms with E-state index < -0.39 is 28.8 Å². The Hall–Kier alpha value is -5.13. The number of fused-ring (bicyclic) bond motifs is 3. The van der Waals surface area contributed by atoms with Crippen LogP contribution >= 0.6 is 0 Å². The number of amides is 3. The maximum Gasteiger partial charge on any atom is 0.407 e. The van der Waals surface area contributed by atoms with Crippen LogP contribution in [0.5, 0.6) is 11.5 Å². The minimum Gasteiger partial charge on any atom is -0.451 e. The molecule has 46 heavy (non-hydrogen) atoms. The van der Waals surface area contributed by atoms with Crippen LogP contribution in [0.3, 0.4) is 0 Å². The average Bonchev–Trinajstić information content (AvgIpc) is 3.47. The molecule has 3 aromatic carbocycles. The number of piperazine rings is 1. The molecule has 0 bridgehead atoms. The zero-order valence-corrected chi connectivity index (χ0v) is 25.8. The largest absolute Gasteiger partial charge is 0.451 e. The molecule has 0 spiro atoms. The summed E-state index contributed by atoms with van der Waals surface area (Å²) < 4.78 is 29.9. The summed E-state index contributed by atoms with van der Waals surface area (Å²) >= 11 is 0. The molecule has 3 aliphatic heterocycles. The number of pyridine rings is 1. The van der Waals surface area contributed by atoms with Gasteiger partial charge < -0.3 is 34.1 Å². The van der Waals surface area contributed by atoms with E-state index in [-0.39, 0.29) is 41.5 Å². The van der Waals surface area contributed by atoms with Crippen LogP contribution in [0.1, 0.15) is 37.6 Å². The van der Waals surface area contributed by atoms with Crippen molar-refractivity contribution in [2.75, 3.05) is 44.2 Å². The number of hydrogen-bond donors (Lipinski definition) is 1. The van der Waals surface area contributed by atoms with Crippen molar-refractivity contribution in [1.29, 1.82) is 0 Å². The molecule has 2 saturated heterocycles. The van der Waals surface area contributed by atoms with E-state index >= 15 is 4.39 Å². The summed E-state index contributed by atoms with van der Waals surface area (Å²) in [7, 11) is 0. The number of alkyl carbamates (subject to hydrolysis) is 1. The third kappa shape index (κ3) is 5.17. The van der Waals surface area contributed by atoms with Gasteiger partial charge in [0.05, 0.1) is 17.1 Å². The van der Waals surface area contributed by atoms with E-state index in [1.165, 1.54) is 12.3 Å². The van der Waals surface area contributed by atoms with Gasteiger partial charge in [-0.3, -0.25) is 14.4 Å². The van der Waals surface area contributed by atoms with Gasteiger partial charge in [0.1, 0.15) is 22.4 Å². The molecule has 7 rings (SSSR count). The zero-order valence-electron chi connectivity index (χ0n) is 25.8. The minimum atomic E-state index is -0.669. The van der Waals surface area contributed by atoms with E-state index in [1.54, 1.807) is 40.0 Å². The number of carbonyl (C=O) groups is 3. The van der Waals surface area contributed by atoms with Crippen LogP contribution in [-0.2, 0) is 9.53 Å². The molecule has 11 nitrogen and oxygen atoms in total. The summed E-state index contributed by atoms with van der Waals surface area (Å²) in [6.07, 6.45) is 2.28. The van der Waals surface area contributed by atoms with Crippen LogP contribution in [0, 0.1) is 5.82 Å². The fourth-order valence-electron chi connectivity index (χ4n) is 6.49. The van der Waals surface area contributed by atoms with Gasteiger partial charge in [0.25, 0.3) is 5.91 Å². The number of rotatable bonds is 4. The van der Waals surface area contributed by atoms with Crippen LogP contribution < -0.4 is 20.4 Å². The maximum atomic E-state index is 16.2. The second-order valence-electron chi connectivity index (χ2n) is 13.0. The highest BCUT2D eigenvalue weighted by atomic mass is 19.1. The fraction of sp³-hybridized carbons (Fsp3) is 0.353. The van der Waals surface area contributed by atoms with Crippen LogP contribution in [-0.4, -0.2) is 83.7 Å². The molecule has 1 N–H and O–H groups in total. The Bertz CT molecular complexity index is 1980. The van der Waals surface area contributed by atoms with Gasteiger partial charge >= 0.3 is 6.09 Å². The van der Waals surface area contributed by atoms with Gasteiger partial charge in [-0.05, 0) is 56.2 Å².